The summed E-state index contributed by atoms with van der Waals surface area (Å²) in [4.78, 5) is 8.96. The van der Waals surface area contributed by atoms with Crippen LogP contribution in [0.15, 0.2) is 53.4 Å². The smallest absolute Gasteiger partial charge is 0.238 e. The minimum absolute atomic E-state index is 0.141. The molecule has 1 saturated carbocycles. The second kappa shape index (κ2) is 7.98. The summed E-state index contributed by atoms with van der Waals surface area (Å²) in [6.45, 7) is 1.97. The van der Waals surface area contributed by atoms with Crippen molar-refractivity contribution in [2.75, 3.05) is 5.73 Å². The Kier molecular flexibility index (Phi) is 5.53. The molecule has 3 aromatic rings. The first-order chi connectivity index (χ1) is 14.2. The minimum atomic E-state index is -3.66. The molecule has 30 heavy (non-hydrogen) atoms. The van der Waals surface area contributed by atoms with Crippen molar-refractivity contribution >= 4 is 27.6 Å². The lowest BCUT2D eigenvalue weighted by atomic mass is 9.69. The van der Waals surface area contributed by atoms with Crippen molar-refractivity contribution in [1.29, 1.82) is 0 Å². The zero-order chi connectivity index (χ0) is 21.5. The fourth-order valence-corrected chi connectivity index (χ4v) is 4.74. The number of halogens is 1. The Morgan fingerprint density at radius 2 is 1.80 bits per heavy atom. The topological polar surface area (TPSA) is 112 Å². The highest BCUT2D eigenvalue weighted by Gasteiger charge is 2.31. The Bertz CT molecular complexity index is 1190. The summed E-state index contributed by atoms with van der Waals surface area (Å²) in [5.41, 5.74) is 10.7. The van der Waals surface area contributed by atoms with Gasteiger partial charge in [0.25, 0.3) is 0 Å². The van der Waals surface area contributed by atoms with E-state index in [1.807, 2.05) is 43.3 Å². The molecule has 1 aliphatic rings. The molecule has 1 heterocycles. The molecule has 0 amide bonds. The lowest BCUT2D eigenvalue weighted by molar-refractivity contribution is 0.260. The monoisotopic (exact) mass is 442 g/mol. The van der Waals surface area contributed by atoms with Gasteiger partial charge in [-0.15, -0.1) is 0 Å². The molecule has 0 bridgehead atoms. The molecule has 1 fully saturated rings. The van der Waals surface area contributed by atoms with Gasteiger partial charge in [-0.1, -0.05) is 35.9 Å². The number of benzene rings is 2. The zero-order valence-electron chi connectivity index (χ0n) is 16.5. The predicted molar refractivity (Wildman–Crippen MR) is 119 cm³/mol. The quantitative estimate of drug-likeness (QED) is 0.618. The standard InChI is InChI=1S/C22H23ClN4O2S/c1-13-19(3-2-4-20(13)23)21-12-17(26-22(24)27-21)11-14-9-16(10-14)15-5-7-18(8-6-15)30(25,28)29/h2-8,12,14,16H,9-11H2,1H3,(H2,24,26,27)(H2,25,28,29). The van der Waals surface area contributed by atoms with Crippen LogP contribution in [0.4, 0.5) is 5.95 Å². The normalized spacial score (nSPS) is 18.8. The van der Waals surface area contributed by atoms with Crippen LogP contribution in [0.2, 0.25) is 5.02 Å². The minimum Gasteiger partial charge on any atom is -0.368 e. The molecule has 0 spiro atoms. The molecule has 0 atom stereocenters. The molecular weight excluding hydrogens is 420 g/mol. The van der Waals surface area contributed by atoms with Gasteiger partial charge in [0, 0.05) is 16.3 Å². The summed E-state index contributed by atoms with van der Waals surface area (Å²) in [6.07, 6.45) is 2.86. The SMILES string of the molecule is Cc1c(Cl)cccc1-c1cc(CC2CC(c3ccc(S(N)(=O)=O)cc3)C2)nc(N)n1. The van der Waals surface area contributed by atoms with Gasteiger partial charge in [0.05, 0.1) is 10.6 Å². The van der Waals surface area contributed by atoms with Crippen molar-refractivity contribution in [3.8, 4) is 11.3 Å². The van der Waals surface area contributed by atoms with E-state index in [1.165, 1.54) is 0 Å². The van der Waals surface area contributed by atoms with Gasteiger partial charge >= 0.3 is 0 Å². The Labute approximate surface area is 181 Å². The maximum Gasteiger partial charge on any atom is 0.238 e. The summed E-state index contributed by atoms with van der Waals surface area (Å²) in [5, 5.41) is 5.86. The first kappa shape index (κ1) is 20.8. The highest BCUT2D eigenvalue weighted by Crippen LogP contribution is 2.43. The number of hydrogen-bond donors (Lipinski definition) is 2. The third-order valence-electron chi connectivity index (χ3n) is 5.75. The van der Waals surface area contributed by atoms with Crippen molar-refractivity contribution < 1.29 is 8.42 Å². The number of nitrogen functional groups attached to an aromatic ring is 1. The number of nitrogens with two attached hydrogens (primary N) is 2. The fraction of sp³-hybridized carbons (Fsp3) is 0.273. The molecule has 1 aromatic heterocycles. The Morgan fingerprint density at radius 1 is 1.10 bits per heavy atom. The summed E-state index contributed by atoms with van der Waals surface area (Å²) in [6, 6.07) is 14.6. The van der Waals surface area contributed by atoms with Crippen LogP contribution in [0.25, 0.3) is 11.3 Å². The molecule has 4 rings (SSSR count). The highest BCUT2D eigenvalue weighted by molar-refractivity contribution is 7.89. The molecule has 0 unspecified atom stereocenters. The maximum atomic E-state index is 11.4. The predicted octanol–water partition coefficient (Wildman–Crippen LogP) is 4.07. The van der Waals surface area contributed by atoms with E-state index in [2.05, 4.69) is 9.97 Å². The van der Waals surface area contributed by atoms with Crippen LogP contribution >= 0.6 is 11.6 Å². The average Bonchev–Trinajstić information content (AvgIpc) is 2.65. The van der Waals surface area contributed by atoms with E-state index in [-0.39, 0.29) is 10.8 Å². The van der Waals surface area contributed by atoms with Crippen LogP contribution in [0.5, 0.6) is 0 Å². The van der Waals surface area contributed by atoms with E-state index in [9.17, 15) is 8.42 Å². The van der Waals surface area contributed by atoms with Crippen LogP contribution in [0.1, 0.15) is 35.6 Å². The Morgan fingerprint density at radius 3 is 2.47 bits per heavy atom. The van der Waals surface area contributed by atoms with Gasteiger partial charge in [-0.25, -0.2) is 23.5 Å². The molecule has 156 valence electrons. The highest BCUT2D eigenvalue weighted by atomic mass is 35.5. The molecule has 4 N–H and O–H groups in total. The van der Waals surface area contributed by atoms with Crippen molar-refractivity contribution in [1.82, 2.24) is 9.97 Å². The molecule has 1 aliphatic carbocycles. The lowest BCUT2D eigenvalue weighted by Gasteiger charge is -2.35. The van der Waals surface area contributed by atoms with Crippen molar-refractivity contribution in [3.63, 3.8) is 0 Å². The Balaban J connectivity index is 1.45. The first-order valence-corrected chi connectivity index (χ1v) is 11.6. The van der Waals surface area contributed by atoms with Crippen molar-refractivity contribution in [2.24, 2.45) is 11.1 Å². The number of hydrogen-bond acceptors (Lipinski definition) is 5. The number of primary sulfonamides is 1. The van der Waals surface area contributed by atoms with Gasteiger partial charge in [0.1, 0.15) is 0 Å². The second-order valence-electron chi connectivity index (χ2n) is 7.87. The van der Waals surface area contributed by atoms with Gasteiger partial charge in [0.15, 0.2) is 0 Å². The van der Waals surface area contributed by atoms with Gasteiger partial charge in [-0.2, -0.15) is 0 Å². The summed E-state index contributed by atoms with van der Waals surface area (Å²) in [7, 11) is -3.66. The Hall–Kier alpha value is -2.48. The largest absolute Gasteiger partial charge is 0.368 e. The number of nitrogens with zero attached hydrogens (tertiary/aromatic N) is 2. The lowest BCUT2D eigenvalue weighted by Crippen LogP contribution is -2.24. The number of anilines is 1. The molecule has 2 aromatic carbocycles. The average molecular weight is 443 g/mol. The van der Waals surface area contributed by atoms with Crippen LogP contribution in [-0.4, -0.2) is 18.4 Å². The van der Waals surface area contributed by atoms with E-state index in [1.54, 1.807) is 12.1 Å². The van der Waals surface area contributed by atoms with Crippen LogP contribution < -0.4 is 10.9 Å². The zero-order valence-corrected chi connectivity index (χ0v) is 18.1. The van der Waals surface area contributed by atoms with Crippen LogP contribution in [0, 0.1) is 12.8 Å². The summed E-state index contributed by atoms with van der Waals surface area (Å²) >= 11 is 6.25. The molecular formula is C22H23ClN4O2S. The second-order valence-corrected chi connectivity index (χ2v) is 9.84. The summed E-state index contributed by atoms with van der Waals surface area (Å²) in [5.74, 6) is 1.17. The van der Waals surface area contributed by atoms with Crippen molar-refractivity contribution in [3.05, 3.63) is 70.4 Å². The first-order valence-electron chi connectivity index (χ1n) is 9.72. The van der Waals surface area contributed by atoms with Gasteiger partial charge in [0.2, 0.25) is 16.0 Å². The molecule has 6 nitrogen and oxygen atoms in total. The number of sulfonamides is 1. The van der Waals surface area contributed by atoms with E-state index in [4.69, 9.17) is 22.5 Å². The molecule has 0 radical (unpaired) electrons. The van der Waals surface area contributed by atoms with Crippen LogP contribution in [0.3, 0.4) is 0 Å². The third-order valence-corrected chi connectivity index (χ3v) is 7.09. The maximum absolute atomic E-state index is 11.4. The van der Waals surface area contributed by atoms with E-state index >= 15 is 0 Å². The van der Waals surface area contributed by atoms with E-state index < -0.39 is 10.0 Å². The van der Waals surface area contributed by atoms with Crippen molar-refractivity contribution in [2.45, 2.75) is 37.0 Å². The van der Waals surface area contributed by atoms with Gasteiger partial charge < -0.3 is 5.73 Å². The van der Waals surface area contributed by atoms with E-state index in [0.717, 1.165) is 47.3 Å². The molecule has 8 heteroatoms. The third kappa shape index (κ3) is 4.33. The summed E-state index contributed by atoms with van der Waals surface area (Å²) < 4.78 is 22.8. The number of aromatic nitrogens is 2. The number of rotatable bonds is 5. The van der Waals surface area contributed by atoms with E-state index in [0.29, 0.717) is 16.9 Å². The molecule has 0 saturated heterocycles. The van der Waals surface area contributed by atoms with Crippen LogP contribution in [-0.2, 0) is 16.4 Å². The van der Waals surface area contributed by atoms with Gasteiger partial charge in [-0.05, 0) is 73.4 Å². The molecule has 0 aliphatic heterocycles. The fourth-order valence-electron chi connectivity index (χ4n) is 4.05. The van der Waals surface area contributed by atoms with Gasteiger partial charge in [-0.3, -0.25) is 0 Å².